The normalized spacial score (nSPS) is 27.7. The predicted octanol–water partition coefficient (Wildman–Crippen LogP) is 3.73. The van der Waals surface area contributed by atoms with Crippen LogP contribution in [0.25, 0.3) is 22.2 Å². The van der Waals surface area contributed by atoms with Crippen molar-refractivity contribution < 1.29 is 14.6 Å². The molecule has 0 unspecified atom stereocenters. The average molecular weight is 471 g/mol. The summed E-state index contributed by atoms with van der Waals surface area (Å²) in [6.07, 6.45) is 4.92. The molecule has 9 heteroatoms. The molecule has 2 aromatic heterocycles. The molecule has 2 fully saturated rings. The molecule has 1 aromatic carbocycles. The molecule has 1 saturated heterocycles. The lowest BCUT2D eigenvalue weighted by Crippen LogP contribution is -2.52. The third-order valence-electron chi connectivity index (χ3n) is 6.59. The Labute approximate surface area is 196 Å². The highest BCUT2D eigenvalue weighted by Gasteiger charge is 2.44. The van der Waals surface area contributed by atoms with Gasteiger partial charge in [0.1, 0.15) is 5.65 Å². The maximum absolute atomic E-state index is 12.7. The van der Waals surface area contributed by atoms with Crippen molar-refractivity contribution >= 4 is 28.6 Å². The van der Waals surface area contributed by atoms with Crippen molar-refractivity contribution in [3.63, 3.8) is 0 Å². The SMILES string of the molecule is CC1(CO)COC2(CCC(Nc3ncc4cc(-c5ccccc5Cl)c(=O)[nH]c4n3)CC2)OC1. The number of fused-ring (bicyclic) bond motifs is 1. The van der Waals surface area contributed by atoms with E-state index >= 15 is 0 Å². The van der Waals surface area contributed by atoms with E-state index in [1.807, 2.05) is 25.1 Å². The molecule has 33 heavy (non-hydrogen) atoms. The van der Waals surface area contributed by atoms with Crippen molar-refractivity contribution in [2.45, 2.75) is 44.4 Å². The van der Waals surface area contributed by atoms with Crippen molar-refractivity contribution in [1.29, 1.82) is 0 Å². The van der Waals surface area contributed by atoms with Crippen molar-refractivity contribution in [1.82, 2.24) is 15.0 Å². The molecule has 5 rings (SSSR count). The van der Waals surface area contributed by atoms with Crippen LogP contribution in [0.5, 0.6) is 0 Å². The average Bonchev–Trinajstić information content (AvgIpc) is 2.83. The summed E-state index contributed by atoms with van der Waals surface area (Å²) >= 11 is 6.27. The molecular formula is C24H27ClN4O4. The number of halogens is 1. The number of nitrogens with one attached hydrogen (secondary N) is 2. The van der Waals surface area contributed by atoms with Crippen LogP contribution in [-0.4, -0.2) is 51.7 Å². The van der Waals surface area contributed by atoms with E-state index in [0.717, 1.165) is 31.1 Å². The first-order valence-electron chi connectivity index (χ1n) is 11.2. The highest BCUT2D eigenvalue weighted by Crippen LogP contribution is 2.39. The van der Waals surface area contributed by atoms with Crippen LogP contribution in [0.3, 0.4) is 0 Å². The zero-order chi connectivity index (χ0) is 23.1. The number of aromatic amines is 1. The maximum Gasteiger partial charge on any atom is 0.257 e. The lowest BCUT2D eigenvalue weighted by Gasteiger charge is -2.47. The Morgan fingerprint density at radius 1 is 1.21 bits per heavy atom. The van der Waals surface area contributed by atoms with Crippen LogP contribution in [0.2, 0.25) is 5.02 Å². The monoisotopic (exact) mass is 470 g/mol. The first-order valence-corrected chi connectivity index (χ1v) is 11.6. The Hall–Kier alpha value is -2.52. The number of nitrogens with zero attached hydrogens (tertiary/aromatic N) is 2. The summed E-state index contributed by atoms with van der Waals surface area (Å²) in [5.74, 6) is -0.0831. The van der Waals surface area contributed by atoms with Crippen LogP contribution in [0.15, 0.2) is 41.3 Å². The van der Waals surface area contributed by atoms with Gasteiger partial charge in [-0.15, -0.1) is 0 Å². The minimum absolute atomic E-state index is 0.0501. The molecule has 1 aliphatic carbocycles. The smallest absolute Gasteiger partial charge is 0.257 e. The number of rotatable bonds is 4. The van der Waals surface area contributed by atoms with Crippen LogP contribution in [-0.2, 0) is 9.47 Å². The number of aliphatic hydroxyl groups is 1. The maximum atomic E-state index is 12.7. The zero-order valence-electron chi connectivity index (χ0n) is 18.4. The second-order valence-electron chi connectivity index (χ2n) is 9.36. The van der Waals surface area contributed by atoms with Crippen molar-refractivity contribution in [2.24, 2.45) is 5.41 Å². The van der Waals surface area contributed by atoms with Crippen LogP contribution >= 0.6 is 11.6 Å². The largest absolute Gasteiger partial charge is 0.396 e. The molecule has 3 aromatic rings. The van der Waals surface area contributed by atoms with Gasteiger partial charge in [-0.2, -0.15) is 4.98 Å². The summed E-state index contributed by atoms with van der Waals surface area (Å²) in [6, 6.07) is 9.19. The van der Waals surface area contributed by atoms with Gasteiger partial charge in [-0.05, 0) is 25.0 Å². The van der Waals surface area contributed by atoms with Gasteiger partial charge in [0, 0.05) is 52.0 Å². The van der Waals surface area contributed by atoms with E-state index in [-0.39, 0.29) is 23.6 Å². The van der Waals surface area contributed by atoms with Crippen LogP contribution in [0.1, 0.15) is 32.6 Å². The van der Waals surface area contributed by atoms with Gasteiger partial charge < -0.3 is 24.9 Å². The third kappa shape index (κ3) is 4.48. The van der Waals surface area contributed by atoms with Crippen LogP contribution in [0.4, 0.5) is 5.95 Å². The number of aliphatic hydroxyl groups excluding tert-OH is 1. The lowest BCUT2D eigenvalue weighted by molar-refractivity contribution is -0.316. The predicted molar refractivity (Wildman–Crippen MR) is 126 cm³/mol. The summed E-state index contributed by atoms with van der Waals surface area (Å²) in [5, 5.41) is 14.1. The van der Waals surface area contributed by atoms with E-state index in [2.05, 4.69) is 20.3 Å². The van der Waals surface area contributed by atoms with Gasteiger partial charge in [0.2, 0.25) is 5.95 Å². The van der Waals surface area contributed by atoms with Gasteiger partial charge in [0.15, 0.2) is 5.79 Å². The Morgan fingerprint density at radius 3 is 2.64 bits per heavy atom. The van der Waals surface area contributed by atoms with Gasteiger partial charge in [-0.25, -0.2) is 4.98 Å². The minimum atomic E-state index is -0.558. The fourth-order valence-electron chi connectivity index (χ4n) is 4.40. The molecule has 3 N–H and O–H groups in total. The van der Waals surface area contributed by atoms with Gasteiger partial charge in [-0.1, -0.05) is 36.7 Å². The Bertz CT molecular complexity index is 1210. The number of hydrogen-bond donors (Lipinski definition) is 3. The summed E-state index contributed by atoms with van der Waals surface area (Å²) in [4.78, 5) is 24.5. The van der Waals surface area contributed by atoms with Gasteiger partial charge in [-0.3, -0.25) is 4.79 Å². The number of aromatic nitrogens is 3. The first kappa shape index (κ1) is 22.3. The molecule has 3 heterocycles. The lowest BCUT2D eigenvalue weighted by atomic mass is 9.86. The second-order valence-corrected chi connectivity index (χ2v) is 9.77. The first-order chi connectivity index (χ1) is 15.9. The number of ether oxygens (including phenoxy) is 2. The highest BCUT2D eigenvalue weighted by atomic mass is 35.5. The molecule has 0 bridgehead atoms. The number of anilines is 1. The van der Waals surface area contributed by atoms with E-state index in [4.69, 9.17) is 21.1 Å². The molecule has 2 aliphatic rings. The van der Waals surface area contributed by atoms with Gasteiger partial charge >= 0.3 is 0 Å². The van der Waals surface area contributed by atoms with E-state index in [0.29, 0.717) is 41.0 Å². The van der Waals surface area contributed by atoms with E-state index in [9.17, 15) is 9.90 Å². The van der Waals surface area contributed by atoms with E-state index < -0.39 is 5.79 Å². The molecule has 1 saturated carbocycles. The van der Waals surface area contributed by atoms with Crippen molar-refractivity contribution in [3.05, 3.63) is 51.9 Å². The van der Waals surface area contributed by atoms with E-state index in [1.165, 1.54) is 0 Å². The number of hydrogen-bond acceptors (Lipinski definition) is 7. The molecule has 0 amide bonds. The summed E-state index contributed by atoms with van der Waals surface area (Å²) in [5.41, 5.74) is 1.05. The quantitative estimate of drug-likeness (QED) is 0.533. The fraction of sp³-hybridized carbons (Fsp3) is 0.458. The molecule has 1 aliphatic heterocycles. The number of H-pyrrole nitrogens is 1. The van der Waals surface area contributed by atoms with Crippen LogP contribution < -0.4 is 10.9 Å². The molecule has 0 atom stereocenters. The van der Waals surface area contributed by atoms with Crippen molar-refractivity contribution in [3.8, 4) is 11.1 Å². The van der Waals surface area contributed by atoms with Crippen LogP contribution in [0, 0.1) is 5.41 Å². The molecular weight excluding hydrogens is 444 g/mol. The van der Waals surface area contributed by atoms with Gasteiger partial charge in [0.25, 0.3) is 5.56 Å². The van der Waals surface area contributed by atoms with Gasteiger partial charge in [0.05, 0.1) is 19.8 Å². The number of pyridine rings is 1. The molecule has 0 radical (unpaired) electrons. The Morgan fingerprint density at radius 2 is 1.94 bits per heavy atom. The molecule has 174 valence electrons. The second kappa shape index (κ2) is 8.68. The van der Waals surface area contributed by atoms with Crippen molar-refractivity contribution in [2.75, 3.05) is 25.1 Å². The fourth-order valence-corrected chi connectivity index (χ4v) is 4.64. The topological polar surface area (TPSA) is 109 Å². The minimum Gasteiger partial charge on any atom is -0.396 e. The molecule has 8 nitrogen and oxygen atoms in total. The molecule has 1 spiro atoms. The summed E-state index contributed by atoms with van der Waals surface area (Å²) in [6.45, 7) is 3.01. The zero-order valence-corrected chi connectivity index (χ0v) is 19.2. The standard InChI is InChI=1S/C24H27ClN4O4/c1-23(12-30)13-32-24(33-14-23)8-6-16(7-9-24)27-22-26-11-15-10-18(21(31)28-20(15)29-22)17-4-2-3-5-19(17)25/h2-5,10-11,16,30H,6-9,12-14H2,1H3,(H2,26,27,28,29,31). The highest BCUT2D eigenvalue weighted by molar-refractivity contribution is 6.33. The third-order valence-corrected chi connectivity index (χ3v) is 6.92. The summed E-state index contributed by atoms with van der Waals surface area (Å²) < 4.78 is 12.1. The Balaban J connectivity index is 1.27. The summed E-state index contributed by atoms with van der Waals surface area (Å²) in [7, 11) is 0. The number of benzene rings is 1. The van der Waals surface area contributed by atoms with E-state index in [1.54, 1.807) is 18.3 Å². The Kier molecular flexibility index (Phi) is 5.86.